The van der Waals surface area contributed by atoms with Crippen molar-refractivity contribution in [1.29, 1.82) is 0 Å². The third-order valence-electron chi connectivity index (χ3n) is 6.27. The number of carbonyl (C=O) groups excluding carboxylic acids is 2. The molecule has 0 spiro atoms. The number of ether oxygens (including phenoxy) is 1. The molecule has 7 heteroatoms. The van der Waals surface area contributed by atoms with Crippen LogP contribution in [0.15, 0.2) is 48.5 Å². The summed E-state index contributed by atoms with van der Waals surface area (Å²) in [5.74, 6) is -1.36. The van der Waals surface area contributed by atoms with Crippen molar-refractivity contribution < 1.29 is 24.2 Å². The van der Waals surface area contributed by atoms with Gasteiger partial charge in [0.05, 0.1) is 5.41 Å². The second kappa shape index (κ2) is 10.5. The van der Waals surface area contributed by atoms with Gasteiger partial charge in [-0.2, -0.15) is 0 Å². The Labute approximate surface area is 194 Å². The number of carboxylic acid groups (broad SMARTS) is 1. The van der Waals surface area contributed by atoms with Crippen LogP contribution in [0.1, 0.15) is 50.7 Å². The first-order valence-corrected chi connectivity index (χ1v) is 11.3. The Balaban J connectivity index is 1.41. The van der Waals surface area contributed by atoms with Crippen LogP contribution in [0.4, 0.5) is 4.79 Å². The highest BCUT2D eigenvalue weighted by Crippen LogP contribution is 2.44. The molecule has 0 heterocycles. The number of carboxylic acids is 1. The highest BCUT2D eigenvalue weighted by atomic mass is 16.5. The van der Waals surface area contributed by atoms with Gasteiger partial charge in [-0.3, -0.25) is 9.59 Å². The largest absolute Gasteiger partial charge is 0.481 e. The Morgan fingerprint density at radius 3 is 2.12 bits per heavy atom. The summed E-state index contributed by atoms with van der Waals surface area (Å²) in [6, 6.07) is 16.3. The third-order valence-corrected chi connectivity index (χ3v) is 6.27. The molecule has 1 unspecified atom stereocenters. The number of nitrogens with one attached hydrogen (secondary N) is 2. The lowest BCUT2D eigenvalue weighted by molar-refractivity contribution is -0.147. The van der Waals surface area contributed by atoms with Gasteiger partial charge in [-0.1, -0.05) is 55.5 Å². The Morgan fingerprint density at radius 1 is 0.970 bits per heavy atom. The lowest BCUT2D eigenvalue weighted by atomic mass is 9.89. The van der Waals surface area contributed by atoms with Crippen LogP contribution in [0.25, 0.3) is 11.1 Å². The molecule has 2 aromatic rings. The second-order valence-corrected chi connectivity index (χ2v) is 9.17. The maximum absolute atomic E-state index is 12.2. The molecule has 1 atom stereocenters. The minimum Gasteiger partial charge on any atom is -0.481 e. The number of amides is 2. The van der Waals surface area contributed by atoms with E-state index in [1.807, 2.05) is 24.3 Å². The highest BCUT2D eigenvalue weighted by molar-refractivity contribution is 5.79. The first kappa shape index (κ1) is 24.3. The summed E-state index contributed by atoms with van der Waals surface area (Å²) in [6.07, 6.45) is 0.296. The fourth-order valence-corrected chi connectivity index (χ4v) is 3.95. The molecule has 1 aliphatic rings. The Hall–Kier alpha value is -3.35. The van der Waals surface area contributed by atoms with E-state index >= 15 is 0 Å². The average molecular weight is 453 g/mol. The summed E-state index contributed by atoms with van der Waals surface area (Å²) in [4.78, 5) is 35.6. The van der Waals surface area contributed by atoms with Crippen molar-refractivity contribution in [2.24, 2.45) is 11.3 Å². The summed E-state index contributed by atoms with van der Waals surface area (Å²) in [7, 11) is 0. The molecule has 7 nitrogen and oxygen atoms in total. The SMILES string of the molecule is CC(CCNC(=O)OCC1c2ccccc2-c2ccccc21)C(=O)NCCC(C)(C)C(=O)O. The molecule has 3 N–H and O–H groups in total. The number of rotatable bonds is 10. The van der Waals surface area contributed by atoms with Crippen molar-refractivity contribution in [3.8, 4) is 11.1 Å². The molecule has 33 heavy (non-hydrogen) atoms. The minimum atomic E-state index is -0.892. The van der Waals surface area contributed by atoms with E-state index in [4.69, 9.17) is 9.84 Å². The number of alkyl carbamates (subject to hydrolysis) is 1. The number of carbonyl (C=O) groups is 3. The van der Waals surface area contributed by atoms with E-state index in [1.54, 1.807) is 20.8 Å². The molecule has 2 aromatic carbocycles. The Bertz CT molecular complexity index is 972. The molecular formula is C26H32N2O5. The van der Waals surface area contributed by atoms with Crippen LogP contribution in [0.5, 0.6) is 0 Å². The van der Waals surface area contributed by atoms with Gasteiger partial charge in [0.1, 0.15) is 6.61 Å². The van der Waals surface area contributed by atoms with Gasteiger partial charge in [0.2, 0.25) is 5.91 Å². The van der Waals surface area contributed by atoms with Crippen LogP contribution in [-0.2, 0) is 14.3 Å². The van der Waals surface area contributed by atoms with Crippen molar-refractivity contribution in [3.05, 3.63) is 59.7 Å². The van der Waals surface area contributed by atoms with Gasteiger partial charge in [-0.25, -0.2) is 4.79 Å². The van der Waals surface area contributed by atoms with Gasteiger partial charge in [0.25, 0.3) is 0 Å². The molecule has 2 amide bonds. The summed E-state index contributed by atoms with van der Waals surface area (Å²) in [5.41, 5.74) is 3.77. The van der Waals surface area contributed by atoms with Crippen molar-refractivity contribution >= 4 is 18.0 Å². The van der Waals surface area contributed by atoms with E-state index in [0.717, 1.165) is 11.1 Å². The van der Waals surface area contributed by atoms with Crippen LogP contribution in [0.2, 0.25) is 0 Å². The molecule has 176 valence electrons. The molecule has 0 radical (unpaired) electrons. The number of aliphatic carboxylic acids is 1. The molecule has 0 saturated carbocycles. The molecule has 0 aliphatic heterocycles. The van der Waals surface area contributed by atoms with Crippen molar-refractivity contribution in [3.63, 3.8) is 0 Å². The number of hydrogen-bond acceptors (Lipinski definition) is 4. The van der Waals surface area contributed by atoms with Gasteiger partial charge in [0.15, 0.2) is 0 Å². The molecule has 0 fully saturated rings. The fourth-order valence-electron chi connectivity index (χ4n) is 3.95. The Morgan fingerprint density at radius 2 is 1.55 bits per heavy atom. The van der Waals surface area contributed by atoms with Crippen LogP contribution in [0, 0.1) is 11.3 Å². The Kier molecular flexibility index (Phi) is 7.74. The fraction of sp³-hybridized carbons (Fsp3) is 0.423. The quantitative estimate of drug-likeness (QED) is 0.502. The average Bonchev–Trinajstić information content (AvgIpc) is 3.11. The summed E-state index contributed by atoms with van der Waals surface area (Å²) in [5, 5.41) is 14.6. The number of hydrogen-bond donors (Lipinski definition) is 3. The first-order valence-electron chi connectivity index (χ1n) is 11.3. The topological polar surface area (TPSA) is 105 Å². The lowest BCUT2D eigenvalue weighted by Gasteiger charge is -2.20. The zero-order chi connectivity index (χ0) is 24.0. The maximum atomic E-state index is 12.2. The molecule has 3 rings (SSSR count). The standard InChI is InChI=1S/C26H32N2O5/c1-17(23(29)27-15-13-26(2,3)24(30)31)12-14-28-25(32)33-16-22-20-10-6-4-8-18(20)19-9-5-7-11-21(19)22/h4-11,17,22H,12-16H2,1-3H3,(H,27,29)(H,28,32)(H,30,31). The summed E-state index contributed by atoms with van der Waals surface area (Å²) >= 11 is 0. The monoisotopic (exact) mass is 452 g/mol. The van der Waals surface area contributed by atoms with Gasteiger partial charge < -0.3 is 20.5 Å². The van der Waals surface area contributed by atoms with E-state index in [9.17, 15) is 14.4 Å². The van der Waals surface area contributed by atoms with Gasteiger partial charge in [-0.05, 0) is 48.9 Å². The highest BCUT2D eigenvalue weighted by Gasteiger charge is 2.29. The predicted octanol–water partition coefficient (Wildman–Crippen LogP) is 4.17. The number of fused-ring (bicyclic) bond motifs is 3. The maximum Gasteiger partial charge on any atom is 0.407 e. The van der Waals surface area contributed by atoms with E-state index in [1.165, 1.54) is 11.1 Å². The van der Waals surface area contributed by atoms with E-state index in [-0.39, 0.29) is 24.3 Å². The summed E-state index contributed by atoms with van der Waals surface area (Å²) < 4.78 is 5.50. The van der Waals surface area contributed by atoms with Gasteiger partial charge in [0, 0.05) is 24.9 Å². The molecule has 0 bridgehead atoms. The van der Waals surface area contributed by atoms with E-state index in [2.05, 4.69) is 34.9 Å². The van der Waals surface area contributed by atoms with Crippen LogP contribution in [0.3, 0.4) is 0 Å². The zero-order valence-corrected chi connectivity index (χ0v) is 19.4. The predicted molar refractivity (Wildman–Crippen MR) is 126 cm³/mol. The third kappa shape index (κ3) is 5.92. The zero-order valence-electron chi connectivity index (χ0n) is 19.4. The summed E-state index contributed by atoms with van der Waals surface area (Å²) in [6.45, 7) is 5.88. The minimum absolute atomic E-state index is 0.00269. The van der Waals surface area contributed by atoms with Crippen LogP contribution < -0.4 is 10.6 Å². The molecule has 1 aliphatic carbocycles. The lowest BCUT2D eigenvalue weighted by Crippen LogP contribution is -2.36. The second-order valence-electron chi connectivity index (χ2n) is 9.17. The van der Waals surface area contributed by atoms with E-state index in [0.29, 0.717) is 25.9 Å². The van der Waals surface area contributed by atoms with Gasteiger partial charge in [-0.15, -0.1) is 0 Å². The van der Waals surface area contributed by atoms with Crippen molar-refractivity contribution in [1.82, 2.24) is 10.6 Å². The van der Waals surface area contributed by atoms with Crippen LogP contribution in [-0.4, -0.2) is 42.8 Å². The normalized spacial score (nSPS) is 13.5. The van der Waals surface area contributed by atoms with Gasteiger partial charge >= 0.3 is 12.1 Å². The molecule has 0 saturated heterocycles. The molecular weight excluding hydrogens is 420 g/mol. The van der Waals surface area contributed by atoms with Crippen molar-refractivity contribution in [2.45, 2.75) is 39.5 Å². The molecule has 0 aromatic heterocycles. The smallest absolute Gasteiger partial charge is 0.407 e. The van der Waals surface area contributed by atoms with Crippen LogP contribution >= 0.6 is 0 Å². The van der Waals surface area contributed by atoms with Crippen molar-refractivity contribution in [2.75, 3.05) is 19.7 Å². The van der Waals surface area contributed by atoms with E-state index < -0.39 is 17.5 Å². The first-order chi connectivity index (χ1) is 15.7. The number of benzene rings is 2.